The van der Waals surface area contributed by atoms with Crippen molar-refractivity contribution >= 4 is 22.8 Å². The second-order valence-electron chi connectivity index (χ2n) is 7.90. The Balaban J connectivity index is 1.49. The fraction of sp³-hybridized carbons (Fsp3) is 0.304. The van der Waals surface area contributed by atoms with Crippen molar-refractivity contribution in [2.45, 2.75) is 44.8 Å². The van der Waals surface area contributed by atoms with Crippen molar-refractivity contribution in [3.05, 3.63) is 75.7 Å². The fourth-order valence-electron chi connectivity index (χ4n) is 3.92. The van der Waals surface area contributed by atoms with Crippen LogP contribution in [0.1, 0.15) is 41.6 Å². The van der Waals surface area contributed by atoms with Crippen LogP contribution in [-0.4, -0.2) is 27.4 Å². The first-order valence-electron chi connectivity index (χ1n) is 10.4. The van der Waals surface area contributed by atoms with Gasteiger partial charge in [-0.2, -0.15) is 0 Å². The van der Waals surface area contributed by atoms with E-state index in [-0.39, 0.29) is 30.6 Å². The number of nitrogens with zero attached hydrogens (tertiary/aromatic N) is 2. The number of hydrogen-bond acceptors (Lipinski definition) is 4. The van der Waals surface area contributed by atoms with Crippen LogP contribution in [0.25, 0.3) is 11.0 Å². The molecule has 0 spiro atoms. The molecule has 9 heteroatoms. The average Bonchev–Trinajstić information content (AvgIpc) is 3.26. The number of nitrogens with one attached hydrogen (secondary N) is 2. The molecule has 0 unspecified atom stereocenters. The smallest absolute Gasteiger partial charge is 0.269 e. The van der Waals surface area contributed by atoms with E-state index in [4.69, 9.17) is 0 Å². The van der Waals surface area contributed by atoms with Crippen molar-refractivity contribution in [3.63, 3.8) is 0 Å². The van der Waals surface area contributed by atoms with Crippen LogP contribution in [0.4, 0.5) is 8.78 Å². The van der Waals surface area contributed by atoms with Crippen molar-refractivity contribution < 1.29 is 18.4 Å². The van der Waals surface area contributed by atoms with E-state index < -0.39 is 23.1 Å². The first-order valence-corrected chi connectivity index (χ1v) is 10.4. The standard InChI is InChI=1S/C23H22F2N4O3/c24-16-7-14(8-17(25)10-16)11-27-21(30)13-29-20-6-5-15(9-19(20)26-12-22(29)31)23(32)28-18-3-1-2-4-18/h5-10,12,18H,1-4,11,13H2,(H,27,30)(H,28,32). The highest BCUT2D eigenvalue weighted by atomic mass is 19.1. The highest BCUT2D eigenvalue weighted by Crippen LogP contribution is 2.19. The predicted molar refractivity (Wildman–Crippen MR) is 114 cm³/mol. The number of carbonyl (C=O) groups excluding carboxylic acids is 2. The van der Waals surface area contributed by atoms with Crippen LogP contribution in [-0.2, 0) is 17.9 Å². The maximum absolute atomic E-state index is 13.3. The molecule has 1 aliphatic carbocycles. The zero-order valence-corrected chi connectivity index (χ0v) is 17.2. The quantitative estimate of drug-likeness (QED) is 0.616. The number of carbonyl (C=O) groups is 2. The largest absolute Gasteiger partial charge is 0.350 e. The van der Waals surface area contributed by atoms with Gasteiger partial charge >= 0.3 is 0 Å². The van der Waals surface area contributed by atoms with E-state index in [1.807, 2.05) is 0 Å². The van der Waals surface area contributed by atoms with Gasteiger partial charge in [0.1, 0.15) is 18.2 Å². The highest BCUT2D eigenvalue weighted by Gasteiger charge is 2.19. The van der Waals surface area contributed by atoms with Crippen molar-refractivity contribution in [2.75, 3.05) is 0 Å². The Hall–Kier alpha value is -3.62. The summed E-state index contributed by atoms with van der Waals surface area (Å²) in [6.07, 6.45) is 5.23. The van der Waals surface area contributed by atoms with Crippen molar-refractivity contribution in [3.8, 4) is 0 Å². The lowest BCUT2D eigenvalue weighted by atomic mass is 10.1. The highest BCUT2D eigenvalue weighted by molar-refractivity contribution is 5.97. The lowest BCUT2D eigenvalue weighted by Gasteiger charge is -2.13. The van der Waals surface area contributed by atoms with Gasteiger partial charge in [-0.1, -0.05) is 12.8 Å². The van der Waals surface area contributed by atoms with Crippen molar-refractivity contribution in [2.24, 2.45) is 0 Å². The maximum Gasteiger partial charge on any atom is 0.269 e. The molecule has 1 fully saturated rings. The SMILES string of the molecule is O=C(Cn1c(=O)cnc2cc(C(=O)NC3CCCC3)ccc21)NCc1cc(F)cc(F)c1. The Kier molecular flexibility index (Phi) is 6.25. The minimum atomic E-state index is -0.738. The summed E-state index contributed by atoms with van der Waals surface area (Å²) in [4.78, 5) is 41.3. The summed E-state index contributed by atoms with van der Waals surface area (Å²) in [6.45, 7) is -0.389. The molecule has 4 rings (SSSR count). The number of amides is 2. The summed E-state index contributed by atoms with van der Waals surface area (Å²) < 4.78 is 27.8. The average molecular weight is 440 g/mol. The first-order chi connectivity index (χ1) is 15.4. The lowest BCUT2D eigenvalue weighted by Crippen LogP contribution is -2.33. The Labute approximate surface area is 182 Å². The van der Waals surface area contributed by atoms with Crippen molar-refractivity contribution in [1.29, 1.82) is 0 Å². The van der Waals surface area contributed by atoms with Gasteiger partial charge in [0.15, 0.2) is 0 Å². The maximum atomic E-state index is 13.3. The monoisotopic (exact) mass is 440 g/mol. The van der Waals surface area contributed by atoms with Crippen LogP contribution in [0.3, 0.4) is 0 Å². The van der Waals surface area contributed by atoms with Gasteiger partial charge in [0.25, 0.3) is 11.5 Å². The fourth-order valence-corrected chi connectivity index (χ4v) is 3.92. The molecule has 0 aliphatic heterocycles. The van der Waals surface area contributed by atoms with E-state index in [1.165, 1.54) is 4.57 Å². The molecule has 2 aromatic carbocycles. The Morgan fingerprint density at radius 3 is 2.50 bits per heavy atom. The number of benzene rings is 2. The number of halogens is 2. The zero-order chi connectivity index (χ0) is 22.7. The lowest BCUT2D eigenvalue weighted by molar-refractivity contribution is -0.121. The number of hydrogen-bond donors (Lipinski definition) is 2. The second-order valence-corrected chi connectivity index (χ2v) is 7.90. The van der Waals surface area contributed by atoms with Crippen LogP contribution >= 0.6 is 0 Å². The third kappa shape index (κ3) is 4.99. The minimum Gasteiger partial charge on any atom is -0.350 e. The van der Waals surface area contributed by atoms with Crippen LogP contribution in [0.5, 0.6) is 0 Å². The molecule has 166 valence electrons. The van der Waals surface area contributed by atoms with Gasteiger partial charge < -0.3 is 10.6 Å². The molecular weight excluding hydrogens is 418 g/mol. The number of aromatic nitrogens is 2. The topological polar surface area (TPSA) is 93.1 Å². The van der Waals surface area contributed by atoms with Crippen molar-refractivity contribution in [1.82, 2.24) is 20.2 Å². The molecular formula is C23H22F2N4O3. The molecule has 0 atom stereocenters. The van der Waals surface area contributed by atoms with Gasteiger partial charge in [0.05, 0.1) is 17.2 Å². The molecule has 0 radical (unpaired) electrons. The number of fused-ring (bicyclic) bond motifs is 1. The molecule has 32 heavy (non-hydrogen) atoms. The van der Waals surface area contributed by atoms with Gasteiger partial charge in [-0.3, -0.25) is 19.0 Å². The minimum absolute atomic E-state index is 0.0865. The first kappa shape index (κ1) is 21.6. The summed E-state index contributed by atoms with van der Waals surface area (Å²) in [5.41, 5.74) is 1.03. The molecule has 0 saturated heterocycles. The Morgan fingerprint density at radius 1 is 1.06 bits per heavy atom. The van der Waals surface area contributed by atoms with E-state index >= 15 is 0 Å². The molecule has 2 amide bonds. The van der Waals surface area contributed by atoms with Crippen LogP contribution < -0.4 is 16.2 Å². The van der Waals surface area contributed by atoms with E-state index in [0.29, 0.717) is 16.6 Å². The van der Waals surface area contributed by atoms with E-state index in [1.54, 1.807) is 18.2 Å². The molecule has 1 saturated carbocycles. The molecule has 0 bridgehead atoms. The third-order valence-electron chi connectivity index (χ3n) is 5.51. The number of rotatable bonds is 6. The van der Waals surface area contributed by atoms with E-state index in [9.17, 15) is 23.2 Å². The predicted octanol–water partition coefficient (Wildman–Crippen LogP) is 2.66. The summed E-state index contributed by atoms with van der Waals surface area (Å²) in [5.74, 6) is -2.18. The zero-order valence-electron chi connectivity index (χ0n) is 17.2. The summed E-state index contributed by atoms with van der Waals surface area (Å²) >= 11 is 0. The third-order valence-corrected chi connectivity index (χ3v) is 5.51. The molecule has 2 N–H and O–H groups in total. The van der Waals surface area contributed by atoms with Crippen LogP contribution in [0.15, 0.2) is 47.4 Å². The van der Waals surface area contributed by atoms with Gasteiger partial charge in [0, 0.05) is 24.2 Å². The summed E-state index contributed by atoms with van der Waals surface area (Å²) in [7, 11) is 0. The van der Waals surface area contributed by atoms with E-state index in [0.717, 1.165) is 50.1 Å². The Bertz CT molecular complexity index is 1220. The summed E-state index contributed by atoms with van der Waals surface area (Å²) in [5, 5.41) is 5.55. The molecule has 1 aliphatic rings. The van der Waals surface area contributed by atoms with Gasteiger partial charge in [0.2, 0.25) is 5.91 Å². The van der Waals surface area contributed by atoms with Gasteiger partial charge in [-0.25, -0.2) is 13.8 Å². The molecule has 3 aromatic rings. The molecule has 1 heterocycles. The van der Waals surface area contributed by atoms with Gasteiger partial charge in [-0.15, -0.1) is 0 Å². The van der Waals surface area contributed by atoms with Gasteiger partial charge in [-0.05, 0) is 48.7 Å². The molecule has 7 nitrogen and oxygen atoms in total. The normalized spacial score (nSPS) is 13.9. The molecule has 1 aromatic heterocycles. The van der Waals surface area contributed by atoms with E-state index in [2.05, 4.69) is 15.6 Å². The second kappa shape index (κ2) is 9.25. The Morgan fingerprint density at radius 2 is 1.78 bits per heavy atom. The van der Waals surface area contributed by atoms with Crippen LogP contribution in [0, 0.1) is 11.6 Å². The summed E-state index contributed by atoms with van der Waals surface area (Å²) in [6, 6.07) is 7.93. The van der Waals surface area contributed by atoms with Crippen LogP contribution in [0.2, 0.25) is 0 Å².